The molecule has 1 aliphatic rings. The number of nitrogens with one attached hydrogen (secondary N) is 4. The molecule has 0 aliphatic carbocycles. The van der Waals surface area contributed by atoms with E-state index < -0.39 is 0 Å². The van der Waals surface area contributed by atoms with Gasteiger partial charge in [-0.2, -0.15) is 0 Å². The predicted molar refractivity (Wildman–Crippen MR) is 146 cm³/mol. The van der Waals surface area contributed by atoms with Crippen molar-refractivity contribution in [3.63, 3.8) is 0 Å². The van der Waals surface area contributed by atoms with Crippen molar-refractivity contribution < 1.29 is 4.79 Å². The zero-order valence-electron chi connectivity index (χ0n) is 22.3. The van der Waals surface area contributed by atoms with Crippen molar-refractivity contribution in [3.05, 3.63) is 0 Å². The second-order valence-electron chi connectivity index (χ2n) is 9.87. The molecule has 1 aliphatic heterocycles. The van der Waals surface area contributed by atoms with E-state index in [2.05, 4.69) is 26.2 Å². The molecule has 0 spiro atoms. The van der Waals surface area contributed by atoms with Gasteiger partial charge in [-0.25, -0.2) is 0 Å². The van der Waals surface area contributed by atoms with Gasteiger partial charge in [0.1, 0.15) is 0 Å². The molecule has 1 heterocycles. The monoisotopic (exact) mass is 482 g/mol. The maximum atomic E-state index is 12.6. The van der Waals surface area contributed by atoms with Crippen molar-refractivity contribution in [1.82, 2.24) is 26.2 Å². The maximum Gasteiger partial charge on any atom is 0.222 e. The molecule has 34 heavy (non-hydrogen) atoms. The molecule has 0 bridgehead atoms. The molecule has 1 saturated heterocycles. The topological polar surface area (TPSA) is 94.4 Å². The summed E-state index contributed by atoms with van der Waals surface area (Å²) >= 11 is 0. The molecule has 0 aromatic heterocycles. The number of nitrogens with zero attached hydrogens (tertiary/aromatic N) is 1. The number of nitrogens with two attached hydrogens (primary N) is 1. The van der Waals surface area contributed by atoms with Crippen LogP contribution in [0, 0.1) is 0 Å². The van der Waals surface area contributed by atoms with Crippen molar-refractivity contribution >= 4 is 5.91 Å². The van der Waals surface area contributed by atoms with Gasteiger partial charge in [0.25, 0.3) is 0 Å². The molecule has 7 nitrogen and oxygen atoms in total. The van der Waals surface area contributed by atoms with E-state index >= 15 is 0 Å². The summed E-state index contributed by atoms with van der Waals surface area (Å²) in [7, 11) is 0. The van der Waals surface area contributed by atoms with Gasteiger partial charge in [-0.15, -0.1) is 0 Å². The zero-order valence-corrected chi connectivity index (χ0v) is 22.3. The minimum Gasteiger partial charge on any atom is -0.343 e. The zero-order chi connectivity index (χ0) is 24.4. The van der Waals surface area contributed by atoms with E-state index in [-0.39, 0.29) is 0 Å². The molecular weight excluding hydrogens is 424 g/mol. The Hall–Kier alpha value is -0.730. The van der Waals surface area contributed by atoms with Gasteiger partial charge in [-0.1, -0.05) is 44.9 Å². The first kappa shape index (κ1) is 31.3. The highest BCUT2D eigenvalue weighted by Crippen LogP contribution is 2.13. The highest BCUT2D eigenvalue weighted by atomic mass is 16.2. The Morgan fingerprint density at radius 1 is 0.559 bits per heavy atom. The minimum atomic E-state index is 0.386. The summed E-state index contributed by atoms with van der Waals surface area (Å²) in [5.74, 6) is 0.386. The number of hydrogen-bond donors (Lipinski definition) is 5. The van der Waals surface area contributed by atoms with Crippen LogP contribution in [0.3, 0.4) is 0 Å². The molecule has 0 atom stereocenters. The molecule has 202 valence electrons. The van der Waals surface area contributed by atoms with Gasteiger partial charge in [0, 0.05) is 19.5 Å². The Morgan fingerprint density at radius 3 is 1.47 bits per heavy atom. The fraction of sp³-hybridized carbons (Fsp3) is 0.963. The van der Waals surface area contributed by atoms with Crippen LogP contribution in [0.15, 0.2) is 0 Å². The number of rotatable bonds is 19. The predicted octanol–water partition coefficient (Wildman–Crippen LogP) is 3.00. The van der Waals surface area contributed by atoms with Crippen LogP contribution in [0.4, 0.5) is 0 Å². The first-order valence-corrected chi connectivity index (χ1v) is 14.7. The van der Waals surface area contributed by atoms with E-state index in [1.54, 1.807) is 0 Å². The Kier molecular flexibility index (Phi) is 23.4. The molecule has 0 unspecified atom stereocenters. The molecule has 1 fully saturated rings. The van der Waals surface area contributed by atoms with Gasteiger partial charge in [0.2, 0.25) is 5.91 Å². The quantitative estimate of drug-likeness (QED) is 0.182. The van der Waals surface area contributed by atoms with Gasteiger partial charge >= 0.3 is 0 Å². The van der Waals surface area contributed by atoms with Crippen molar-refractivity contribution in [2.75, 3.05) is 72.0 Å². The molecule has 0 radical (unpaired) electrons. The second kappa shape index (κ2) is 25.4. The van der Waals surface area contributed by atoms with Gasteiger partial charge in [0.05, 0.1) is 0 Å². The average Bonchev–Trinajstić information content (AvgIpc) is 2.86. The van der Waals surface area contributed by atoms with E-state index in [0.29, 0.717) is 5.91 Å². The summed E-state index contributed by atoms with van der Waals surface area (Å²) in [4.78, 5) is 14.8. The third kappa shape index (κ3) is 20.6. The largest absolute Gasteiger partial charge is 0.343 e. The smallest absolute Gasteiger partial charge is 0.222 e. The number of hydrogen-bond acceptors (Lipinski definition) is 6. The lowest BCUT2D eigenvalue weighted by Crippen LogP contribution is -2.34. The molecule has 0 aromatic carbocycles. The lowest BCUT2D eigenvalue weighted by atomic mass is 10.1. The normalized spacial score (nSPS) is 16.7. The lowest BCUT2D eigenvalue weighted by Gasteiger charge is -2.23. The molecule has 0 saturated carbocycles. The Labute approximate surface area is 211 Å². The van der Waals surface area contributed by atoms with Crippen LogP contribution in [0.1, 0.15) is 96.3 Å². The number of carbonyl (C=O) groups excluding carboxylic acids is 1. The number of amides is 1. The van der Waals surface area contributed by atoms with E-state index in [1.807, 2.05) is 0 Å². The first-order chi connectivity index (χ1) is 16.8. The Morgan fingerprint density at radius 2 is 0.971 bits per heavy atom. The van der Waals surface area contributed by atoms with Crippen LogP contribution in [0.25, 0.3) is 0 Å². The second-order valence-corrected chi connectivity index (χ2v) is 9.87. The molecule has 6 N–H and O–H groups in total. The van der Waals surface area contributed by atoms with Crippen molar-refractivity contribution in [1.29, 1.82) is 0 Å². The third-order valence-electron chi connectivity index (χ3n) is 6.63. The van der Waals surface area contributed by atoms with Crippen LogP contribution in [-0.2, 0) is 4.79 Å². The van der Waals surface area contributed by atoms with Crippen LogP contribution >= 0.6 is 0 Å². The van der Waals surface area contributed by atoms with Crippen molar-refractivity contribution in [2.24, 2.45) is 5.73 Å². The van der Waals surface area contributed by atoms with Gasteiger partial charge in [0.15, 0.2) is 0 Å². The summed E-state index contributed by atoms with van der Waals surface area (Å²) in [6, 6.07) is 0. The fourth-order valence-electron chi connectivity index (χ4n) is 4.47. The Balaban J connectivity index is 1.90. The van der Waals surface area contributed by atoms with E-state index in [0.717, 1.165) is 104 Å². The lowest BCUT2D eigenvalue weighted by molar-refractivity contribution is -0.131. The van der Waals surface area contributed by atoms with Crippen molar-refractivity contribution in [3.8, 4) is 0 Å². The first-order valence-electron chi connectivity index (χ1n) is 14.7. The maximum absolute atomic E-state index is 12.6. The van der Waals surface area contributed by atoms with Crippen LogP contribution in [0.2, 0.25) is 0 Å². The summed E-state index contributed by atoms with van der Waals surface area (Å²) in [6.45, 7) is 11.2. The van der Waals surface area contributed by atoms with Gasteiger partial charge < -0.3 is 31.9 Å². The summed E-state index contributed by atoms with van der Waals surface area (Å²) in [5, 5.41) is 14.0. The van der Waals surface area contributed by atoms with Gasteiger partial charge in [-0.05, 0) is 104 Å². The molecule has 1 rings (SSSR count). The summed E-state index contributed by atoms with van der Waals surface area (Å²) in [5.41, 5.74) is 5.48. The highest BCUT2D eigenvalue weighted by Gasteiger charge is 2.12. The Bertz CT molecular complexity index is 437. The van der Waals surface area contributed by atoms with Gasteiger partial charge in [-0.3, -0.25) is 4.79 Å². The van der Waals surface area contributed by atoms with Crippen LogP contribution in [-0.4, -0.2) is 82.8 Å². The van der Waals surface area contributed by atoms with Crippen molar-refractivity contribution in [2.45, 2.75) is 96.3 Å². The fourth-order valence-corrected chi connectivity index (χ4v) is 4.47. The molecule has 1 amide bonds. The third-order valence-corrected chi connectivity index (χ3v) is 6.63. The summed E-state index contributed by atoms with van der Waals surface area (Å²) in [6.07, 6.45) is 17.9. The van der Waals surface area contributed by atoms with Crippen LogP contribution in [0.5, 0.6) is 0 Å². The average molecular weight is 483 g/mol. The molecule has 0 aromatic rings. The summed E-state index contributed by atoms with van der Waals surface area (Å²) < 4.78 is 0. The standard InChI is InChI=1S/C27H58N6O/c28-16-10-17-29-18-11-19-30-20-12-21-31-22-13-23-32-24-14-26-33-25-9-7-5-3-1-2-4-6-8-15-27(33)34/h29-32H,1-26,28H2. The van der Waals surface area contributed by atoms with E-state index in [1.165, 1.54) is 64.2 Å². The minimum absolute atomic E-state index is 0.386. The van der Waals surface area contributed by atoms with E-state index in [4.69, 9.17) is 5.73 Å². The highest BCUT2D eigenvalue weighted by molar-refractivity contribution is 5.76. The van der Waals surface area contributed by atoms with E-state index in [9.17, 15) is 4.79 Å². The number of carbonyl (C=O) groups is 1. The SMILES string of the molecule is NCCCNCCCNCCCNCCCNCCCN1CCCCCCCCCCCC1=O. The molecule has 7 heteroatoms. The molecular formula is C27H58N6O. The van der Waals surface area contributed by atoms with Crippen LogP contribution < -0.4 is 27.0 Å².